The highest BCUT2D eigenvalue weighted by atomic mass is 35.5. The van der Waals surface area contributed by atoms with Gasteiger partial charge < -0.3 is 10.6 Å². The molecule has 0 aliphatic rings. The molecule has 2 N–H and O–H groups in total. The third-order valence-corrected chi connectivity index (χ3v) is 3.63. The second-order valence-electron chi connectivity index (χ2n) is 4.62. The predicted molar refractivity (Wildman–Crippen MR) is 83.5 cm³/mol. The Morgan fingerprint density at radius 1 is 1.45 bits per heavy atom. The summed E-state index contributed by atoms with van der Waals surface area (Å²) >= 11 is 7.27. The van der Waals surface area contributed by atoms with Crippen LogP contribution >= 0.6 is 22.9 Å². The van der Waals surface area contributed by atoms with E-state index in [0.717, 1.165) is 10.7 Å². The highest BCUT2D eigenvalue weighted by molar-refractivity contribution is 7.15. The Kier molecular flexibility index (Phi) is 4.98. The molecule has 0 unspecified atom stereocenters. The van der Waals surface area contributed by atoms with Gasteiger partial charge >= 0.3 is 0 Å². The molecule has 4 nitrogen and oxygen atoms in total. The fourth-order valence-corrected chi connectivity index (χ4v) is 2.56. The summed E-state index contributed by atoms with van der Waals surface area (Å²) in [6.45, 7) is 4.46. The molecule has 1 aromatic heterocycles. The lowest BCUT2D eigenvalue weighted by Gasteiger charge is -2.10. The average molecular weight is 310 g/mol. The van der Waals surface area contributed by atoms with Crippen LogP contribution in [-0.2, 0) is 6.54 Å². The molecular weight excluding hydrogens is 294 g/mol. The molecule has 1 heterocycles. The van der Waals surface area contributed by atoms with E-state index < -0.39 is 0 Å². The Morgan fingerprint density at radius 3 is 2.90 bits per heavy atom. The van der Waals surface area contributed by atoms with Gasteiger partial charge in [-0.25, -0.2) is 4.98 Å². The van der Waals surface area contributed by atoms with Gasteiger partial charge in [0.25, 0.3) is 5.91 Å². The van der Waals surface area contributed by atoms with E-state index >= 15 is 0 Å². The predicted octanol–water partition coefficient (Wildman–Crippen LogP) is 3.55. The van der Waals surface area contributed by atoms with Crippen LogP contribution in [0, 0.1) is 0 Å². The normalized spacial score (nSPS) is 10.6. The van der Waals surface area contributed by atoms with Gasteiger partial charge in [-0.05, 0) is 32.0 Å². The maximum atomic E-state index is 11.9. The highest BCUT2D eigenvalue weighted by Crippen LogP contribution is 2.19. The van der Waals surface area contributed by atoms with Gasteiger partial charge in [-0.3, -0.25) is 4.79 Å². The number of rotatable bonds is 5. The lowest BCUT2D eigenvalue weighted by Crippen LogP contribution is -2.30. The van der Waals surface area contributed by atoms with Crippen LogP contribution < -0.4 is 10.6 Å². The SMILES string of the molecule is CC(C)NC(=O)c1cccc(NCc2ncc(Cl)s2)c1. The summed E-state index contributed by atoms with van der Waals surface area (Å²) in [4.78, 5) is 16.1. The third-order valence-electron chi connectivity index (χ3n) is 2.51. The van der Waals surface area contributed by atoms with E-state index in [0.29, 0.717) is 16.4 Å². The van der Waals surface area contributed by atoms with Crippen molar-refractivity contribution in [2.24, 2.45) is 0 Å². The van der Waals surface area contributed by atoms with Gasteiger partial charge in [0, 0.05) is 17.3 Å². The van der Waals surface area contributed by atoms with Crippen LogP contribution in [-0.4, -0.2) is 16.9 Å². The Balaban J connectivity index is 2.00. The summed E-state index contributed by atoms with van der Waals surface area (Å²) in [6.07, 6.45) is 1.63. The van der Waals surface area contributed by atoms with Gasteiger partial charge in [0.15, 0.2) is 0 Å². The molecule has 2 rings (SSSR count). The van der Waals surface area contributed by atoms with Gasteiger partial charge in [0.2, 0.25) is 0 Å². The molecule has 0 saturated carbocycles. The monoisotopic (exact) mass is 309 g/mol. The lowest BCUT2D eigenvalue weighted by atomic mass is 10.2. The number of hydrogen-bond donors (Lipinski definition) is 2. The zero-order chi connectivity index (χ0) is 14.5. The van der Waals surface area contributed by atoms with E-state index in [2.05, 4.69) is 15.6 Å². The molecule has 0 radical (unpaired) electrons. The van der Waals surface area contributed by atoms with Crippen LogP contribution in [0.3, 0.4) is 0 Å². The summed E-state index contributed by atoms with van der Waals surface area (Å²) in [5.41, 5.74) is 1.52. The number of halogens is 1. The van der Waals surface area contributed by atoms with Crippen molar-refractivity contribution in [3.63, 3.8) is 0 Å². The van der Waals surface area contributed by atoms with E-state index in [9.17, 15) is 4.79 Å². The molecule has 106 valence electrons. The van der Waals surface area contributed by atoms with Crippen molar-refractivity contribution in [1.29, 1.82) is 0 Å². The number of thiazole rings is 1. The van der Waals surface area contributed by atoms with Gasteiger partial charge in [0.05, 0.1) is 12.7 Å². The van der Waals surface area contributed by atoms with Crippen molar-refractivity contribution in [2.75, 3.05) is 5.32 Å². The number of hydrogen-bond acceptors (Lipinski definition) is 4. The Morgan fingerprint density at radius 2 is 2.25 bits per heavy atom. The zero-order valence-corrected chi connectivity index (χ0v) is 12.9. The van der Waals surface area contributed by atoms with Crippen molar-refractivity contribution >= 4 is 34.5 Å². The van der Waals surface area contributed by atoms with Crippen molar-refractivity contribution in [3.8, 4) is 0 Å². The van der Waals surface area contributed by atoms with Crippen LogP contribution in [0.5, 0.6) is 0 Å². The maximum absolute atomic E-state index is 11.9. The second kappa shape index (κ2) is 6.72. The van der Waals surface area contributed by atoms with Gasteiger partial charge in [-0.2, -0.15) is 0 Å². The zero-order valence-electron chi connectivity index (χ0n) is 11.3. The summed E-state index contributed by atoms with van der Waals surface area (Å²) in [5.74, 6) is -0.0686. The topological polar surface area (TPSA) is 54.0 Å². The molecule has 0 spiro atoms. The molecule has 20 heavy (non-hydrogen) atoms. The fourth-order valence-electron chi connectivity index (χ4n) is 1.66. The summed E-state index contributed by atoms with van der Waals surface area (Å²) in [5, 5.41) is 7.01. The molecule has 0 aliphatic carbocycles. The molecule has 0 bridgehead atoms. The van der Waals surface area contributed by atoms with Crippen LogP contribution in [0.25, 0.3) is 0 Å². The van der Waals surface area contributed by atoms with Crippen LogP contribution in [0.2, 0.25) is 4.34 Å². The number of anilines is 1. The van der Waals surface area contributed by atoms with Crippen LogP contribution in [0.1, 0.15) is 29.2 Å². The van der Waals surface area contributed by atoms with Crippen molar-refractivity contribution in [1.82, 2.24) is 10.3 Å². The molecule has 1 amide bonds. The first kappa shape index (κ1) is 14.8. The van der Waals surface area contributed by atoms with Gasteiger partial charge in [-0.1, -0.05) is 17.7 Å². The minimum absolute atomic E-state index is 0.0686. The average Bonchev–Trinajstić information content (AvgIpc) is 2.82. The van der Waals surface area contributed by atoms with Gasteiger partial charge in [-0.15, -0.1) is 11.3 Å². The van der Waals surface area contributed by atoms with E-state index in [4.69, 9.17) is 11.6 Å². The van der Waals surface area contributed by atoms with E-state index in [1.54, 1.807) is 12.3 Å². The van der Waals surface area contributed by atoms with E-state index in [1.807, 2.05) is 32.0 Å². The first-order valence-corrected chi connectivity index (χ1v) is 7.49. The quantitative estimate of drug-likeness (QED) is 0.888. The molecule has 0 aliphatic heterocycles. The second-order valence-corrected chi connectivity index (χ2v) is 6.37. The molecule has 1 aromatic carbocycles. The largest absolute Gasteiger partial charge is 0.379 e. The van der Waals surface area contributed by atoms with Crippen LogP contribution in [0.15, 0.2) is 30.5 Å². The lowest BCUT2D eigenvalue weighted by molar-refractivity contribution is 0.0943. The number of nitrogens with one attached hydrogen (secondary N) is 2. The number of benzene rings is 1. The first-order chi connectivity index (χ1) is 9.54. The summed E-state index contributed by atoms with van der Waals surface area (Å²) in [7, 11) is 0. The Hall–Kier alpha value is -1.59. The highest BCUT2D eigenvalue weighted by Gasteiger charge is 2.07. The van der Waals surface area contributed by atoms with Crippen LogP contribution in [0.4, 0.5) is 5.69 Å². The first-order valence-electron chi connectivity index (χ1n) is 6.29. The minimum atomic E-state index is -0.0686. The maximum Gasteiger partial charge on any atom is 0.251 e. The van der Waals surface area contributed by atoms with Crippen molar-refractivity contribution < 1.29 is 4.79 Å². The van der Waals surface area contributed by atoms with Gasteiger partial charge in [0.1, 0.15) is 9.34 Å². The summed E-state index contributed by atoms with van der Waals surface area (Å²) in [6, 6.07) is 7.51. The number of aromatic nitrogens is 1. The number of carbonyl (C=O) groups excluding carboxylic acids is 1. The standard InChI is InChI=1S/C14H16ClN3OS/c1-9(2)18-14(19)10-4-3-5-11(6-10)16-8-13-17-7-12(15)20-13/h3-7,9,16H,8H2,1-2H3,(H,18,19). The number of amides is 1. The van der Waals surface area contributed by atoms with Crippen molar-refractivity contribution in [3.05, 3.63) is 45.4 Å². The van der Waals surface area contributed by atoms with E-state index in [-0.39, 0.29) is 11.9 Å². The molecule has 2 aromatic rings. The Labute approximate surface area is 127 Å². The molecular formula is C14H16ClN3OS. The number of carbonyl (C=O) groups is 1. The minimum Gasteiger partial charge on any atom is -0.379 e. The Bertz CT molecular complexity index is 598. The summed E-state index contributed by atoms with van der Waals surface area (Å²) < 4.78 is 0.673. The fraction of sp³-hybridized carbons (Fsp3) is 0.286. The van der Waals surface area contributed by atoms with E-state index in [1.165, 1.54) is 11.3 Å². The molecule has 0 saturated heterocycles. The molecule has 0 atom stereocenters. The third kappa shape index (κ3) is 4.21. The molecule has 0 fully saturated rings. The smallest absolute Gasteiger partial charge is 0.251 e. The number of nitrogens with zero attached hydrogens (tertiary/aromatic N) is 1. The molecule has 6 heteroatoms. The van der Waals surface area contributed by atoms with Crippen molar-refractivity contribution in [2.45, 2.75) is 26.4 Å².